The standard InChI is InChI=1S/C24H15ClFNO4S/c25-18-5-2-4-17(13-18)23(29)31-20-6-1-3-16(11-20)12-21-22(28)27(24(30)32-21)14-15-7-9-19(26)10-8-15/h1-13H,14H2/b21-12-. The van der Waals surface area contributed by atoms with Gasteiger partial charge in [0.2, 0.25) is 0 Å². The maximum Gasteiger partial charge on any atom is 0.343 e. The van der Waals surface area contributed by atoms with Crippen molar-refractivity contribution in [2.75, 3.05) is 0 Å². The summed E-state index contributed by atoms with van der Waals surface area (Å²) in [6, 6.07) is 18.6. The monoisotopic (exact) mass is 467 g/mol. The van der Waals surface area contributed by atoms with E-state index in [1.54, 1.807) is 48.5 Å². The van der Waals surface area contributed by atoms with Crippen LogP contribution in [0.5, 0.6) is 5.75 Å². The van der Waals surface area contributed by atoms with Gasteiger partial charge in [-0.15, -0.1) is 0 Å². The van der Waals surface area contributed by atoms with Gasteiger partial charge in [0.05, 0.1) is 17.0 Å². The molecule has 0 spiro atoms. The largest absolute Gasteiger partial charge is 0.423 e. The second-order valence-corrected chi connectivity index (χ2v) is 8.30. The van der Waals surface area contributed by atoms with E-state index in [0.29, 0.717) is 21.7 Å². The Bertz CT molecular complexity index is 1240. The average molecular weight is 468 g/mol. The van der Waals surface area contributed by atoms with Crippen molar-refractivity contribution >= 4 is 46.6 Å². The lowest BCUT2D eigenvalue weighted by Crippen LogP contribution is -2.27. The zero-order valence-corrected chi connectivity index (χ0v) is 18.0. The molecule has 2 amide bonds. The summed E-state index contributed by atoms with van der Waals surface area (Å²) in [7, 11) is 0. The van der Waals surface area contributed by atoms with Gasteiger partial charge in [0, 0.05) is 5.02 Å². The quantitative estimate of drug-likeness (QED) is 0.264. The van der Waals surface area contributed by atoms with Gasteiger partial charge < -0.3 is 4.74 Å². The second kappa shape index (κ2) is 9.38. The fourth-order valence-corrected chi connectivity index (χ4v) is 4.04. The Kier molecular flexibility index (Phi) is 6.39. The smallest absolute Gasteiger partial charge is 0.343 e. The molecule has 8 heteroatoms. The maximum atomic E-state index is 13.1. The number of carbonyl (C=O) groups excluding carboxylic acids is 3. The summed E-state index contributed by atoms with van der Waals surface area (Å²) >= 11 is 6.73. The zero-order valence-electron chi connectivity index (χ0n) is 16.5. The maximum absolute atomic E-state index is 13.1. The van der Waals surface area contributed by atoms with Crippen LogP contribution >= 0.6 is 23.4 Å². The van der Waals surface area contributed by atoms with Crippen molar-refractivity contribution in [3.05, 3.63) is 105 Å². The predicted molar refractivity (Wildman–Crippen MR) is 121 cm³/mol. The van der Waals surface area contributed by atoms with Crippen molar-refractivity contribution in [1.82, 2.24) is 4.90 Å². The summed E-state index contributed by atoms with van der Waals surface area (Å²) in [5.41, 5.74) is 1.54. The van der Waals surface area contributed by atoms with Crippen LogP contribution in [0, 0.1) is 5.82 Å². The highest BCUT2D eigenvalue weighted by atomic mass is 35.5. The van der Waals surface area contributed by atoms with Crippen LogP contribution in [0.4, 0.5) is 9.18 Å². The summed E-state index contributed by atoms with van der Waals surface area (Å²) in [4.78, 5) is 38.7. The fourth-order valence-electron chi connectivity index (χ4n) is 3.01. The number of hydrogen-bond donors (Lipinski definition) is 0. The summed E-state index contributed by atoms with van der Waals surface area (Å²) in [5.74, 6) is -1.11. The highest BCUT2D eigenvalue weighted by Crippen LogP contribution is 2.33. The molecule has 4 rings (SSSR count). The first-order valence-electron chi connectivity index (χ1n) is 9.47. The lowest BCUT2D eigenvalue weighted by Gasteiger charge is -2.12. The minimum atomic E-state index is -0.565. The van der Waals surface area contributed by atoms with E-state index < -0.39 is 22.9 Å². The number of imide groups is 1. The molecule has 1 aliphatic heterocycles. The molecule has 32 heavy (non-hydrogen) atoms. The molecule has 5 nitrogen and oxygen atoms in total. The molecule has 1 aliphatic rings. The van der Waals surface area contributed by atoms with Crippen molar-refractivity contribution in [3.8, 4) is 5.75 Å². The van der Waals surface area contributed by atoms with Crippen LogP contribution in [0.2, 0.25) is 5.02 Å². The minimum absolute atomic E-state index is 0.0551. The molecule has 1 heterocycles. The SMILES string of the molecule is O=C(Oc1cccc(/C=C2\SC(=O)N(Cc3ccc(F)cc3)C2=O)c1)c1cccc(Cl)c1. The number of hydrogen-bond acceptors (Lipinski definition) is 5. The van der Waals surface area contributed by atoms with E-state index in [0.717, 1.165) is 16.7 Å². The van der Waals surface area contributed by atoms with E-state index in [9.17, 15) is 18.8 Å². The van der Waals surface area contributed by atoms with E-state index >= 15 is 0 Å². The lowest BCUT2D eigenvalue weighted by molar-refractivity contribution is -0.123. The van der Waals surface area contributed by atoms with Gasteiger partial charge in [-0.25, -0.2) is 9.18 Å². The number of amides is 2. The topological polar surface area (TPSA) is 63.7 Å². The Hall–Kier alpha value is -3.42. The van der Waals surface area contributed by atoms with Gasteiger partial charge >= 0.3 is 5.97 Å². The van der Waals surface area contributed by atoms with Crippen LogP contribution in [0.25, 0.3) is 6.08 Å². The molecule has 0 aromatic heterocycles. The van der Waals surface area contributed by atoms with Gasteiger partial charge in [-0.3, -0.25) is 14.5 Å². The van der Waals surface area contributed by atoms with Crippen LogP contribution in [0.1, 0.15) is 21.5 Å². The molecule has 0 N–H and O–H groups in total. The van der Waals surface area contributed by atoms with Crippen molar-refractivity contribution in [2.24, 2.45) is 0 Å². The number of carbonyl (C=O) groups is 3. The normalized spacial score (nSPS) is 14.8. The Labute approximate surface area is 192 Å². The lowest BCUT2D eigenvalue weighted by atomic mass is 10.2. The van der Waals surface area contributed by atoms with Gasteiger partial charge in [-0.05, 0) is 71.4 Å². The molecule has 3 aromatic rings. The van der Waals surface area contributed by atoms with Gasteiger partial charge in [0.1, 0.15) is 11.6 Å². The molecule has 0 saturated carbocycles. The number of halogens is 2. The van der Waals surface area contributed by atoms with Gasteiger partial charge in [-0.1, -0.05) is 41.9 Å². The molecule has 1 saturated heterocycles. The summed E-state index contributed by atoms with van der Waals surface area (Å²) in [6.07, 6.45) is 1.56. The Morgan fingerprint density at radius 3 is 2.53 bits per heavy atom. The molecule has 3 aromatic carbocycles. The number of rotatable bonds is 5. The number of esters is 1. The summed E-state index contributed by atoms with van der Waals surface area (Å²) in [5, 5.41) is 0.0127. The van der Waals surface area contributed by atoms with Gasteiger partial charge in [0.15, 0.2) is 0 Å². The highest BCUT2D eigenvalue weighted by Gasteiger charge is 2.35. The molecule has 0 atom stereocenters. The van der Waals surface area contributed by atoms with Crippen LogP contribution in [-0.2, 0) is 11.3 Å². The number of nitrogens with zero attached hydrogens (tertiary/aromatic N) is 1. The van der Waals surface area contributed by atoms with Crippen LogP contribution in [0.3, 0.4) is 0 Å². The third-order valence-electron chi connectivity index (χ3n) is 4.55. The van der Waals surface area contributed by atoms with Crippen molar-refractivity contribution < 1.29 is 23.5 Å². The van der Waals surface area contributed by atoms with Crippen molar-refractivity contribution in [3.63, 3.8) is 0 Å². The fraction of sp³-hybridized carbons (Fsp3) is 0.0417. The van der Waals surface area contributed by atoms with Crippen LogP contribution in [-0.4, -0.2) is 22.0 Å². The first-order chi connectivity index (χ1) is 15.4. The van der Waals surface area contributed by atoms with E-state index in [4.69, 9.17) is 16.3 Å². The van der Waals surface area contributed by atoms with Crippen LogP contribution < -0.4 is 4.74 Å². The van der Waals surface area contributed by atoms with Gasteiger partial charge in [0.25, 0.3) is 11.1 Å². The first-order valence-corrected chi connectivity index (χ1v) is 10.7. The van der Waals surface area contributed by atoms with E-state index in [1.165, 1.54) is 30.3 Å². The number of thioether (sulfide) groups is 1. The minimum Gasteiger partial charge on any atom is -0.423 e. The van der Waals surface area contributed by atoms with E-state index in [1.807, 2.05) is 0 Å². The second-order valence-electron chi connectivity index (χ2n) is 6.87. The molecular formula is C24H15ClFNO4S. The van der Waals surface area contributed by atoms with Crippen molar-refractivity contribution in [2.45, 2.75) is 6.54 Å². The third-order valence-corrected chi connectivity index (χ3v) is 5.70. The predicted octanol–water partition coefficient (Wildman–Crippen LogP) is 5.93. The zero-order chi connectivity index (χ0) is 22.7. The molecule has 160 valence electrons. The molecular weight excluding hydrogens is 453 g/mol. The molecule has 0 radical (unpaired) electrons. The number of benzene rings is 3. The first kappa shape index (κ1) is 21.8. The Morgan fingerprint density at radius 2 is 1.78 bits per heavy atom. The van der Waals surface area contributed by atoms with Gasteiger partial charge in [-0.2, -0.15) is 0 Å². The van der Waals surface area contributed by atoms with Crippen LogP contribution in [0.15, 0.2) is 77.7 Å². The van der Waals surface area contributed by atoms with E-state index in [2.05, 4.69) is 0 Å². The molecule has 0 bridgehead atoms. The van der Waals surface area contributed by atoms with Crippen molar-refractivity contribution in [1.29, 1.82) is 0 Å². The molecule has 1 fully saturated rings. The Balaban J connectivity index is 1.49. The highest BCUT2D eigenvalue weighted by molar-refractivity contribution is 8.18. The molecule has 0 aliphatic carbocycles. The average Bonchev–Trinajstić information content (AvgIpc) is 3.03. The molecule has 0 unspecified atom stereocenters. The van der Waals surface area contributed by atoms with E-state index in [-0.39, 0.29) is 17.2 Å². The number of ether oxygens (including phenoxy) is 1. The summed E-state index contributed by atoms with van der Waals surface area (Å²) < 4.78 is 18.5. The summed E-state index contributed by atoms with van der Waals surface area (Å²) in [6.45, 7) is 0.0551. The third kappa shape index (κ3) is 5.07. The Morgan fingerprint density at radius 1 is 1.03 bits per heavy atom.